The fourth-order valence-electron chi connectivity index (χ4n) is 2.81. The van der Waals surface area contributed by atoms with Crippen molar-refractivity contribution < 1.29 is 9.90 Å². The van der Waals surface area contributed by atoms with Gasteiger partial charge in [-0.2, -0.15) is 0 Å². The highest BCUT2D eigenvalue weighted by Gasteiger charge is 2.12. The summed E-state index contributed by atoms with van der Waals surface area (Å²) in [5.74, 6) is -1.00. The summed E-state index contributed by atoms with van der Waals surface area (Å²) in [6.07, 6.45) is 1.56. The number of aromatic amines is 1. The van der Waals surface area contributed by atoms with E-state index in [2.05, 4.69) is 10.1 Å². The van der Waals surface area contributed by atoms with Gasteiger partial charge in [-0.15, -0.1) is 0 Å². The third-order valence-corrected chi connectivity index (χ3v) is 4.05. The number of nitrogens with zero attached hydrogens (tertiary/aromatic N) is 2. The van der Waals surface area contributed by atoms with Crippen molar-refractivity contribution in [1.82, 2.24) is 14.8 Å². The topological polar surface area (TPSA) is 88.0 Å². The predicted octanol–water partition coefficient (Wildman–Crippen LogP) is 2.87. The zero-order valence-corrected chi connectivity index (χ0v) is 12.8. The number of carboxylic acids is 1. The molecule has 2 aromatic carbocycles. The first-order chi connectivity index (χ1) is 11.5. The number of aromatic carboxylic acids is 1. The van der Waals surface area contributed by atoms with Gasteiger partial charge in [-0.05, 0) is 43.3 Å². The standard InChI is InChI=1S/C18H13N3O3/c1-10-2-7-15-13(8-10)16-14(9-19-15)17(22)21(20-16)12-5-3-11(4-6-12)18(23)24/h2-9,20H,1H3,(H,23,24). The molecule has 24 heavy (non-hydrogen) atoms. The summed E-state index contributed by atoms with van der Waals surface area (Å²) in [5, 5.41) is 13.5. The first-order valence-electron chi connectivity index (χ1n) is 7.38. The van der Waals surface area contributed by atoms with Gasteiger partial charge in [0.05, 0.1) is 27.7 Å². The third kappa shape index (κ3) is 2.08. The SMILES string of the molecule is Cc1ccc2ncc3c(=O)n(-c4ccc(C(=O)O)cc4)[nH]c3c2c1. The van der Waals surface area contributed by atoms with Gasteiger partial charge in [0.25, 0.3) is 5.56 Å². The van der Waals surface area contributed by atoms with Crippen LogP contribution >= 0.6 is 0 Å². The molecule has 0 aliphatic heterocycles. The van der Waals surface area contributed by atoms with Crippen molar-refractivity contribution >= 4 is 27.8 Å². The zero-order valence-electron chi connectivity index (χ0n) is 12.8. The van der Waals surface area contributed by atoms with E-state index >= 15 is 0 Å². The van der Waals surface area contributed by atoms with Crippen LogP contribution in [-0.4, -0.2) is 25.8 Å². The molecule has 2 N–H and O–H groups in total. The first kappa shape index (κ1) is 14.2. The Bertz CT molecular complexity index is 1150. The number of aryl methyl sites for hydroxylation is 1. The van der Waals surface area contributed by atoms with E-state index in [0.717, 1.165) is 22.0 Å². The summed E-state index contributed by atoms with van der Waals surface area (Å²) >= 11 is 0. The Labute approximate surface area is 136 Å². The van der Waals surface area contributed by atoms with E-state index in [0.29, 0.717) is 11.1 Å². The molecule has 0 spiro atoms. The summed E-state index contributed by atoms with van der Waals surface area (Å²) in [5.41, 5.74) is 3.13. The van der Waals surface area contributed by atoms with Crippen molar-refractivity contribution in [3.63, 3.8) is 0 Å². The molecule has 118 valence electrons. The number of carboxylic acid groups (broad SMARTS) is 1. The third-order valence-electron chi connectivity index (χ3n) is 4.05. The predicted molar refractivity (Wildman–Crippen MR) is 90.9 cm³/mol. The normalized spacial score (nSPS) is 11.2. The minimum absolute atomic E-state index is 0.172. The molecule has 6 heteroatoms. The molecule has 0 fully saturated rings. The highest BCUT2D eigenvalue weighted by molar-refractivity contribution is 6.03. The van der Waals surface area contributed by atoms with Crippen LogP contribution in [0.4, 0.5) is 0 Å². The lowest BCUT2D eigenvalue weighted by Gasteiger charge is -2.02. The molecule has 0 amide bonds. The molecule has 0 atom stereocenters. The van der Waals surface area contributed by atoms with Crippen molar-refractivity contribution in [1.29, 1.82) is 0 Å². The molecule has 0 saturated heterocycles. The van der Waals surface area contributed by atoms with Gasteiger partial charge < -0.3 is 5.11 Å². The summed E-state index contributed by atoms with van der Waals surface area (Å²) in [6, 6.07) is 12.0. The number of pyridine rings is 1. The maximum atomic E-state index is 12.7. The Balaban J connectivity index is 1.98. The summed E-state index contributed by atoms with van der Waals surface area (Å²) < 4.78 is 1.40. The Morgan fingerprint density at radius 3 is 2.58 bits per heavy atom. The van der Waals surface area contributed by atoms with Crippen LogP contribution in [-0.2, 0) is 0 Å². The maximum Gasteiger partial charge on any atom is 0.335 e. The van der Waals surface area contributed by atoms with Gasteiger partial charge in [-0.3, -0.25) is 14.9 Å². The van der Waals surface area contributed by atoms with Crippen LogP contribution in [0.3, 0.4) is 0 Å². The van der Waals surface area contributed by atoms with E-state index in [9.17, 15) is 9.59 Å². The van der Waals surface area contributed by atoms with Crippen molar-refractivity contribution in [3.05, 3.63) is 70.1 Å². The second-order valence-electron chi connectivity index (χ2n) is 5.67. The maximum absolute atomic E-state index is 12.7. The van der Waals surface area contributed by atoms with E-state index in [4.69, 9.17) is 5.11 Å². The van der Waals surface area contributed by atoms with Gasteiger partial charge in [-0.1, -0.05) is 11.6 Å². The molecule has 0 radical (unpaired) electrons. The lowest BCUT2D eigenvalue weighted by atomic mass is 10.1. The number of hydrogen-bond donors (Lipinski definition) is 2. The van der Waals surface area contributed by atoms with Crippen molar-refractivity contribution in [2.45, 2.75) is 6.92 Å². The molecule has 0 saturated carbocycles. The Morgan fingerprint density at radius 2 is 1.88 bits per heavy atom. The van der Waals surface area contributed by atoms with Gasteiger partial charge in [0, 0.05) is 11.6 Å². The Kier molecular flexibility index (Phi) is 2.99. The minimum Gasteiger partial charge on any atom is -0.478 e. The van der Waals surface area contributed by atoms with Crippen LogP contribution in [0.2, 0.25) is 0 Å². The number of H-pyrrole nitrogens is 1. The molecule has 0 unspecified atom stereocenters. The number of carbonyl (C=O) groups is 1. The quantitative estimate of drug-likeness (QED) is 0.594. The lowest BCUT2D eigenvalue weighted by Crippen LogP contribution is -2.14. The monoisotopic (exact) mass is 319 g/mol. The molecule has 6 nitrogen and oxygen atoms in total. The van der Waals surface area contributed by atoms with Gasteiger partial charge in [0.1, 0.15) is 0 Å². The molecule has 2 heterocycles. The van der Waals surface area contributed by atoms with E-state index in [1.807, 2.05) is 25.1 Å². The summed E-state index contributed by atoms with van der Waals surface area (Å²) in [4.78, 5) is 27.9. The molecule has 0 aliphatic rings. The van der Waals surface area contributed by atoms with Crippen molar-refractivity contribution in [3.8, 4) is 5.69 Å². The van der Waals surface area contributed by atoms with E-state index in [-0.39, 0.29) is 11.1 Å². The fraction of sp³-hybridized carbons (Fsp3) is 0.0556. The van der Waals surface area contributed by atoms with Gasteiger partial charge in [0.2, 0.25) is 0 Å². The number of nitrogens with one attached hydrogen (secondary N) is 1. The van der Waals surface area contributed by atoms with Crippen LogP contribution in [0.5, 0.6) is 0 Å². The second kappa shape index (κ2) is 5.06. The fourth-order valence-corrected chi connectivity index (χ4v) is 2.81. The number of aromatic nitrogens is 3. The molecule has 4 rings (SSSR count). The smallest absolute Gasteiger partial charge is 0.335 e. The van der Waals surface area contributed by atoms with Crippen molar-refractivity contribution in [2.24, 2.45) is 0 Å². The zero-order chi connectivity index (χ0) is 16.8. The highest BCUT2D eigenvalue weighted by Crippen LogP contribution is 2.22. The molecule has 0 bridgehead atoms. The molecule has 2 aromatic heterocycles. The number of benzene rings is 2. The van der Waals surface area contributed by atoms with Crippen molar-refractivity contribution in [2.75, 3.05) is 0 Å². The minimum atomic E-state index is -1.00. The van der Waals surface area contributed by atoms with Crippen LogP contribution in [0.15, 0.2) is 53.5 Å². The Morgan fingerprint density at radius 1 is 1.12 bits per heavy atom. The average molecular weight is 319 g/mol. The van der Waals surface area contributed by atoms with Gasteiger partial charge in [-0.25, -0.2) is 9.48 Å². The average Bonchev–Trinajstić information content (AvgIpc) is 2.92. The number of fused-ring (bicyclic) bond motifs is 3. The Hall–Kier alpha value is -3.41. The lowest BCUT2D eigenvalue weighted by molar-refractivity contribution is 0.0697. The second-order valence-corrected chi connectivity index (χ2v) is 5.67. The number of rotatable bonds is 2. The molecule has 0 aliphatic carbocycles. The largest absolute Gasteiger partial charge is 0.478 e. The first-order valence-corrected chi connectivity index (χ1v) is 7.38. The summed E-state index contributed by atoms with van der Waals surface area (Å²) in [6.45, 7) is 1.98. The van der Waals surface area contributed by atoms with Gasteiger partial charge >= 0.3 is 5.97 Å². The van der Waals surface area contributed by atoms with Crippen LogP contribution in [0, 0.1) is 6.92 Å². The highest BCUT2D eigenvalue weighted by atomic mass is 16.4. The van der Waals surface area contributed by atoms with Crippen LogP contribution < -0.4 is 5.56 Å². The van der Waals surface area contributed by atoms with E-state index in [1.54, 1.807) is 18.3 Å². The number of hydrogen-bond acceptors (Lipinski definition) is 3. The molecule has 4 aromatic rings. The molecular formula is C18H13N3O3. The van der Waals surface area contributed by atoms with Crippen LogP contribution in [0.25, 0.3) is 27.5 Å². The summed E-state index contributed by atoms with van der Waals surface area (Å²) in [7, 11) is 0. The van der Waals surface area contributed by atoms with Gasteiger partial charge in [0.15, 0.2) is 0 Å². The molecular weight excluding hydrogens is 306 g/mol. The van der Waals surface area contributed by atoms with Crippen LogP contribution in [0.1, 0.15) is 15.9 Å². The van der Waals surface area contributed by atoms with E-state index in [1.165, 1.54) is 16.8 Å². The van der Waals surface area contributed by atoms with E-state index < -0.39 is 5.97 Å².